The summed E-state index contributed by atoms with van der Waals surface area (Å²) in [7, 11) is 0. The summed E-state index contributed by atoms with van der Waals surface area (Å²) in [5.41, 5.74) is 7.75. The van der Waals surface area contributed by atoms with Gasteiger partial charge < -0.3 is 0 Å². The van der Waals surface area contributed by atoms with Gasteiger partial charge in [0.15, 0.2) is 0 Å². The predicted octanol–water partition coefficient (Wildman–Crippen LogP) is 7.70. The van der Waals surface area contributed by atoms with Crippen LogP contribution in [0.1, 0.15) is 71.6 Å². The van der Waals surface area contributed by atoms with Gasteiger partial charge in [-0.3, -0.25) is 0 Å². The van der Waals surface area contributed by atoms with Gasteiger partial charge in [0.25, 0.3) is 0 Å². The first-order valence-corrected chi connectivity index (χ1v) is 11.1. The molecule has 0 aliphatic heterocycles. The molecule has 0 fully saturated rings. The highest BCUT2D eigenvalue weighted by atomic mass is 14.0. The second-order valence-electron chi connectivity index (χ2n) is 7.92. The fourth-order valence-corrected chi connectivity index (χ4v) is 3.21. The molecule has 0 aromatic heterocycles. The molecule has 3 rings (SSSR count). The summed E-state index contributed by atoms with van der Waals surface area (Å²) in [5, 5.41) is 0. The summed E-state index contributed by atoms with van der Waals surface area (Å²) in [5.74, 6) is 13.1. The van der Waals surface area contributed by atoms with Crippen LogP contribution in [0.2, 0.25) is 0 Å². The maximum Gasteiger partial charge on any atom is 0.0279 e. The Morgan fingerprint density at radius 1 is 0.677 bits per heavy atom. The molecule has 0 radical (unpaired) electrons. The quantitative estimate of drug-likeness (QED) is 0.303. The summed E-state index contributed by atoms with van der Waals surface area (Å²) in [6, 6.07) is 23.0. The Kier molecular flexibility index (Phi) is 8.34. The van der Waals surface area contributed by atoms with Crippen molar-refractivity contribution in [2.45, 2.75) is 46.5 Å². The second kappa shape index (κ2) is 11.6. The Balaban J connectivity index is 1.64. The first-order valence-electron chi connectivity index (χ1n) is 11.1. The van der Waals surface area contributed by atoms with E-state index in [-0.39, 0.29) is 0 Å². The van der Waals surface area contributed by atoms with Crippen molar-refractivity contribution >= 4 is 6.08 Å². The molecule has 0 heteroatoms. The third kappa shape index (κ3) is 7.37. The molecule has 0 saturated heterocycles. The minimum atomic E-state index is 1.01. The summed E-state index contributed by atoms with van der Waals surface area (Å²) < 4.78 is 0. The molecule has 0 bridgehead atoms. The van der Waals surface area contributed by atoms with Gasteiger partial charge in [-0.1, -0.05) is 85.4 Å². The summed E-state index contributed by atoms with van der Waals surface area (Å²) in [4.78, 5) is 0. The highest BCUT2D eigenvalue weighted by Crippen LogP contribution is 2.11. The van der Waals surface area contributed by atoms with E-state index in [1.807, 2.05) is 6.07 Å². The lowest BCUT2D eigenvalue weighted by atomic mass is 10.0. The van der Waals surface area contributed by atoms with Crippen molar-refractivity contribution in [3.05, 3.63) is 112 Å². The Hall–Kier alpha value is -3.48. The van der Waals surface area contributed by atoms with Crippen molar-refractivity contribution in [2.75, 3.05) is 0 Å². The molecule has 31 heavy (non-hydrogen) atoms. The van der Waals surface area contributed by atoms with Crippen molar-refractivity contribution < 1.29 is 0 Å². The predicted molar refractivity (Wildman–Crippen MR) is 134 cm³/mol. The van der Waals surface area contributed by atoms with Crippen LogP contribution in [-0.4, -0.2) is 0 Å². The van der Waals surface area contributed by atoms with Crippen LogP contribution in [0.4, 0.5) is 0 Å². The summed E-state index contributed by atoms with van der Waals surface area (Å²) in [6.45, 7) is 6.41. The number of benzene rings is 3. The van der Waals surface area contributed by atoms with E-state index in [0.29, 0.717) is 0 Å². The zero-order valence-electron chi connectivity index (χ0n) is 18.8. The first kappa shape index (κ1) is 22.2. The molecule has 0 amide bonds. The first-order chi connectivity index (χ1) is 15.1. The summed E-state index contributed by atoms with van der Waals surface area (Å²) >= 11 is 0. The Labute approximate surface area is 188 Å². The van der Waals surface area contributed by atoms with Crippen LogP contribution in [0.25, 0.3) is 6.08 Å². The smallest absolute Gasteiger partial charge is 0.0279 e. The number of aryl methyl sites for hydroxylation is 2. The van der Waals surface area contributed by atoms with E-state index in [4.69, 9.17) is 0 Å². The normalized spacial score (nSPS) is 10.3. The molecule has 0 aliphatic rings. The van der Waals surface area contributed by atoms with E-state index in [2.05, 4.69) is 117 Å². The van der Waals surface area contributed by atoms with E-state index in [0.717, 1.165) is 34.2 Å². The van der Waals surface area contributed by atoms with Crippen molar-refractivity contribution in [3.63, 3.8) is 0 Å². The van der Waals surface area contributed by atoms with E-state index in [1.165, 1.54) is 30.4 Å². The molecule has 0 heterocycles. The minimum Gasteiger partial charge on any atom is -0.0839 e. The molecule has 0 spiro atoms. The van der Waals surface area contributed by atoms with Gasteiger partial charge in [0.2, 0.25) is 0 Å². The Bertz CT molecular complexity index is 1140. The molecule has 0 unspecified atom stereocenters. The van der Waals surface area contributed by atoms with Gasteiger partial charge >= 0.3 is 0 Å². The molecular weight excluding hydrogens is 372 g/mol. The average Bonchev–Trinajstić information content (AvgIpc) is 2.79. The molecular formula is C31H30. The molecule has 0 nitrogen and oxygen atoms in total. The van der Waals surface area contributed by atoms with Crippen LogP contribution in [-0.2, 0) is 0 Å². The van der Waals surface area contributed by atoms with Crippen LogP contribution >= 0.6 is 0 Å². The molecule has 3 aromatic rings. The van der Waals surface area contributed by atoms with E-state index < -0.39 is 0 Å². The van der Waals surface area contributed by atoms with Crippen LogP contribution in [0.5, 0.6) is 0 Å². The van der Waals surface area contributed by atoms with Gasteiger partial charge in [0.1, 0.15) is 0 Å². The van der Waals surface area contributed by atoms with Crippen molar-refractivity contribution in [1.29, 1.82) is 0 Å². The van der Waals surface area contributed by atoms with Gasteiger partial charge in [0.05, 0.1) is 0 Å². The zero-order chi connectivity index (χ0) is 21.9. The lowest BCUT2D eigenvalue weighted by Crippen LogP contribution is -1.85. The van der Waals surface area contributed by atoms with Crippen molar-refractivity contribution in [2.24, 2.45) is 0 Å². The number of rotatable bonds is 5. The largest absolute Gasteiger partial charge is 0.0839 e. The third-order valence-electron chi connectivity index (χ3n) is 5.17. The van der Waals surface area contributed by atoms with E-state index >= 15 is 0 Å². The molecule has 154 valence electrons. The summed E-state index contributed by atoms with van der Waals surface area (Å²) in [6.07, 6.45) is 9.46. The molecule has 0 saturated carbocycles. The topological polar surface area (TPSA) is 0 Å². The van der Waals surface area contributed by atoms with Crippen LogP contribution in [0.3, 0.4) is 0 Å². The van der Waals surface area contributed by atoms with Crippen LogP contribution in [0.15, 0.2) is 72.8 Å². The monoisotopic (exact) mass is 402 g/mol. The lowest BCUT2D eigenvalue weighted by molar-refractivity contribution is 0.730. The van der Waals surface area contributed by atoms with E-state index in [1.54, 1.807) is 0 Å². The van der Waals surface area contributed by atoms with Gasteiger partial charge in [-0.2, -0.15) is 0 Å². The fourth-order valence-electron chi connectivity index (χ4n) is 3.21. The fraction of sp³-hybridized carbons (Fsp3) is 0.226. The van der Waals surface area contributed by atoms with E-state index in [9.17, 15) is 0 Å². The standard InChI is InChI=1S/C31H30/c1-4-5-6-7-8-9-27-14-16-29(17-15-27)18-19-30-21-23-31(26(3)24-30)22-20-28-12-10-25(2)11-13-28/h8-17,21,23-24H,4-7H2,1-3H3/b9-8+. The van der Waals surface area contributed by atoms with Gasteiger partial charge in [0, 0.05) is 22.3 Å². The highest BCUT2D eigenvalue weighted by Gasteiger charge is 1.96. The maximum atomic E-state index is 3.28. The van der Waals surface area contributed by atoms with Gasteiger partial charge in [-0.25, -0.2) is 0 Å². The van der Waals surface area contributed by atoms with Crippen LogP contribution in [0, 0.1) is 37.5 Å². The van der Waals surface area contributed by atoms with Crippen molar-refractivity contribution in [1.82, 2.24) is 0 Å². The number of unbranched alkanes of at least 4 members (excludes halogenated alkanes) is 3. The third-order valence-corrected chi connectivity index (χ3v) is 5.17. The Morgan fingerprint density at radius 3 is 1.97 bits per heavy atom. The highest BCUT2D eigenvalue weighted by molar-refractivity contribution is 5.54. The second-order valence-corrected chi connectivity index (χ2v) is 7.92. The number of hydrogen-bond acceptors (Lipinski definition) is 0. The molecule has 0 aliphatic carbocycles. The Morgan fingerprint density at radius 2 is 1.29 bits per heavy atom. The number of allylic oxidation sites excluding steroid dienone is 1. The van der Waals surface area contributed by atoms with Crippen molar-refractivity contribution in [3.8, 4) is 23.7 Å². The minimum absolute atomic E-state index is 1.01. The molecule has 3 aromatic carbocycles. The maximum absolute atomic E-state index is 3.28. The lowest BCUT2D eigenvalue weighted by Gasteiger charge is -1.99. The SMILES string of the molecule is CCCCC/C=C/c1ccc(C#Cc2ccc(C#Cc3ccc(C)cc3)c(C)c2)cc1. The van der Waals surface area contributed by atoms with Gasteiger partial charge in [-0.05, 0) is 80.3 Å². The zero-order valence-corrected chi connectivity index (χ0v) is 18.8. The average molecular weight is 403 g/mol. The number of hydrogen-bond donors (Lipinski definition) is 0. The molecule has 0 atom stereocenters. The molecule has 0 N–H and O–H groups in total. The van der Waals surface area contributed by atoms with Crippen LogP contribution < -0.4 is 0 Å². The van der Waals surface area contributed by atoms with Gasteiger partial charge in [-0.15, -0.1) is 0 Å².